The summed E-state index contributed by atoms with van der Waals surface area (Å²) >= 11 is 12.8. The van der Waals surface area contributed by atoms with Gasteiger partial charge in [-0.1, -0.05) is 36.4 Å². The molecular formula is C17H16Cl2. The summed E-state index contributed by atoms with van der Waals surface area (Å²) in [6, 6.07) is 12.9. The second-order valence-corrected chi connectivity index (χ2v) is 5.88. The van der Waals surface area contributed by atoms with Crippen molar-refractivity contribution in [3.8, 4) is 11.1 Å². The molecular weight excluding hydrogens is 275 g/mol. The molecule has 2 aromatic rings. The highest BCUT2D eigenvalue weighted by Crippen LogP contribution is 2.52. The van der Waals surface area contributed by atoms with E-state index < -0.39 is 0 Å². The molecule has 0 aliphatic heterocycles. The summed E-state index contributed by atoms with van der Waals surface area (Å²) in [5.41, 5.74) is 7.50. The van der Waals surface area contributed by atoms with Crippen molar-refractivity contribution in [3.63, 3.8) is 0 Å². The summed E-state index contributed by atoms with van der Waals surface area (Å²) in [6.07, 6.45) is 0. The lowest BCUT2D eigenvalue weighted by atomic mass is 9.78. The van der Waals surface area contributed by atoms with Crippen LogP contribution in [0.15, 0.2) is 36.4 Å². The molecule has 0 heterocycles. The van der Waals surface area contributed by atoms with Crippen LogP contribution in [0.3, 0.4) is 0 Å². The largest absolute Gasteiger partial charge is 0.125 e. The summed E-state index contributed by atoms with van der Waals surface area (Å²) in [5.74, 6) is 1.04. The van der Waals surface area contributed by atoms with Gasteiger partial charge in [-0.05, 0) is 47.2 Å². The Morgan fingerprint density at radius 2 is 1.21 bits per heavy atom. The molecule has 19 heavy (non-hydrogen) atoms. The van der Waals surface area contributed by atoms with Gasteiger partial charge in [0, 0.05) is 17.2 Å². The normalized spacial score (nSPS) is 15.2. The Labute approximate surface area is 124 Å². The zero-order valence-corrected chi connectivity index (χ0v) is 12.6. The summed E-state index contributed by atoms with van der Waals surface area (Å²) < 4.78 is 0. The third-order valence-electron chi connectivity index (χ3n) is 4.25. The summed E-state index contributed by atoms with van der Waals surface area (Å²) in [6.45, 7) is 4.29. The predicted molar refractivity (Wildman–Crippen MR) is 83.6 cm³/mol. The number of hydrogen-bond acceptors (Lipinski definition) is 0. The van der Waals surface area contributed by atoms with Crippen molar-refractivity contribution in [2.45, 2.75) is 19.3 Å². The van der Waals surface area contributed by atoms with Crippen LogP contribution in [0.5, 0.6) is 0 Å². The molecule has 0 fully saturated rings. The van der Waals surface area contributed by atoms with Crippen molar-refractivity contribution in [1.82, 2.24) is 0 Å². The van der Waals surface area contributed by atoms with Crippen molar-refractivity contribution in [2.24, 2.45) is 0 Å². The van der Waals surface area contributed by atoms with Gasteiger partial charge in [0.2, 0.25) is 0 Å². The average Bonchev–Trinajstić information content (AvgIpc) is 2.72. The highest BCUT2D eigenvalue weighted by Gasteiger charge is 2.43. The van der Waals surface area contributed by atoms with Crippen molar-refractivity contribution in [1.29, 1.82) is 0 Å². The van der Waals surface area contributed by atoms with Crippen molar-refractivity contribution < 1.29 is 0 Å². The molecule has 0 unspecified atom stereocenters. The van der Waals surface area contributed by atoms with Crippen LogP contribution in [-0.4, -0.2) is 11.8 Å². The van der Waals surface area contributed by atoms with Gasteiger partial charge >= 0.3 is 0 Å². The molecule has 2 aromatic carbocycles. The SMILES string of the molecule is Cc1cccc2c1C(CCl)(CCl)c1c(C)cccc1-2. The van der Waals surface area contributed by atoms with Gasteiger partial charge < -0.3 is 0 Å². The number of benzene rings is 2. The molecule has 0 atom stereocenters. The van der Waals surface area contributed by atoms with Crippen molar-refractivity contribution >= 4 is 23.2 Å². The maximum Gasteiger partial charge on any atom is 0.0490 e. The number of fused-ring (bicyclic) bond motifs is 3. The Hall–Kier alpha value is -0.980. The molecule has 0 amide bonds. The molecule has 0 N–H and O–H groups in total. The fourth-order valence-corrected chi connectivity index (χ4v) is 4.30. The van der Waals surface area contributed by atoms with E-state index in [0.29, 0.717) is 11.8 Å². The highest BCUT2D eigenvalue weighted by molar-refractivity contribution is 6.23. The smallest absolute Gasteiger partial charge is 0.0490 e. The molecule has 0 saturated heterocycles. The Balaban J connectivity index is 2.46. The van der Waals surface area contributed by atoms with Gasteiger partial charge in [0.1, 0.15) is 0 Å². The van der Waals surface area contributed by atoms with E-state index in [1.165, 1.54) is 33.4 Å². The molecule has 1 aliphatic carbocycles. The fraction of sp³-hybridized carbons (Fsp3) is 0.294. The van der Waals surface area contributed by atoms with Gasteiger partial charge in [0.25, 0.3) is 0 Å². The minimum atomic E-state index is -0.246. The minimum Gasteiger partial charge on any atom is -0.125 e. The summed E-state index contributed by atoms with van der Waals surface area (Å²) in [4.78, 5) is 0. The molecule has 98 valence electrons. The van der Waals surface area contributed by atoms with E-state index in [-0.39, 0.29) is 5.41 Å². The Kier molecular flexibility index (Phi) is 3.11. The van der Waals surface area contributed by atoms with Gasteiger partial charge in [-0.15, -0.1) is 23.2 Å². The maximum atomic E-state index is 6.38. The third-order valence-corrected chi connectivity index (χ3v) is 5.16. The second-order valence-electron chi connectivity index (χ2n) is 5.34. The minimum absolute atomic E-state index is 0.246. The number of alkyl halides is 2. The van der Waals surface area contributed by atoms with Gasteiger partial charge in [-0.2, -0.15) is 0 Å². The van der Waals surface area contributed by atoms with Crippen LogP contribution in [0.1, 0.15) is 22.3 Å². The lowest BCUT2D eigenvalue weighted by Gasteiger charge is -2.29. The molecule has 2 heteroatoms. The van der Waals surface area contributed by atoms with Gasteiger partial charge in [0.05, 0.1) is 0 Å². The molecule has 3 rings (SSSR count). The highest BCUT2D eigenvalue weighted by atomic mass is 35.5. The lowest BCUT2D eigenvalue weighted by Crippen LogP contribution is -2.31. The van der Waals surface area contributed by atoms with E-state index in [1.54, 1.807) is 0 Å². The molecule has 0 bridgehead atoms. The first kappa shape index (κ1) is 13.0. The van der Waals surface area contributed by atoms with E-state index in [9.17, 15) is 0 Å². The second kappa shape index (κ2) is 4.54. The van der Waals surface area contributed by atoms with E-state index in [0.717, 1.165) is 0 Å². The topological polar surface area (TPSA) is 0 Å². The van der Waals surface area contributed by atoms with Crippen LogP contribution >= 0.6 is 23.2 Å². The van der Waals surface area contributed by atoms with E-state index in [2.05, 4.69) is 50.2 Å². The van der Waals surface area contributed by atoms with Gasteiger partial charge in [-0.3, -0.25) is 0 Å². The zero-order chi connectivity index (χ0) is 13.6. The first-order valence-corrected chi connectivity index (χ1v) is 7.55. The molecule has 0 aromatic heterocycles. The van der Waals surface area contributed by atoms with Crippen molar-refractivity contribution in [2.75, 3.05) is 11.8 Å². The van der Waals surface area contributed by atoms with Crippen LogP contribution in [0, 0.1) is 13.8 Å². The predicted octanol–water partition coefficient (Wildman–Crippen LogP) is 5.05. The number of halogens is 2. The van der Waals surface area contributed by atoms with Crippen molar-refractivity contribution in [3.05, 3.63) is 58.7 Å². The Morgan fingerprint density at radius 1 is 0.789 bits per heavy atom. The van der Waals surface area contributed by atoms with E-state index in [1.807, 2.05) is 0 Å². The first-order valence-electron chi connectivity index (χ1n) is 6.48. The summed E-state index contributed by atoms with van der Waals surface area (Å²) in [5, 5.41) is 0. The molecule has 1 aliphatic rings. The van der Waals surface area contributed by atoms with Crippen LogP contribution in [0.4, 0.5) is 0 Å². The maximum absolute atomic E-state index is 6.38. The molecule has 0 saturated carbocycles. The monoisotopic (exact) mass is 290 g/mol. The van der Waals surface area contributed by atoms with E-state index in [4.69, 9.17) is 23.2 Å². The number of hydrogen-bond donors (Lipinski definition) is 0. The van der Waals surface area contributed by atoms with Gasteiger partial charge in [0.15, 0.2) is 0 Å². The Bertz CT molecular complexity index is 586. The third kappa shape index (κ3) is 1.60. The molecule has 0 spiro atoms. The van der Waals surface area contributed by atoms with Crippen LogP contribution in [0.25, 0.3) is 11.1 Å². The van der Waals surface area contributed by atoms with Crippen LogP contribution < -0.4 is 0 Å². The molecule has 0 nitrogen and oxygen atoms in total. The average molecular weight is 291 g/mol. The Morgan fingerprint density at radius 3 is 1.58 bits per heavy atom. The van der Waals surface area contributed by atoms with Crippen LogP contribution in [0.2, 0.25) is 0 Å². The summed E-state index contributed by atoms with van der Waals surface area (Å²) in [7, 11) is 0. The molecule has 0 radical (unpaired) electrons. The number of aryl methyl sites for hydroxylation is 2. The standard InChI is InChI=1S/C17H16Cl2/c1-11-5-3-7-13-14-8-4-6-12(2)16(14)17(9-18,10-19)15(11)13/h3-8H,9-10H2,1-2H3. The van der Waals surface area contributed by atoms with Gasteiger partial charge in [-0.25, -0.2) is 0 Å². The van der Waals surface area contributed by atoms with E-state index >= 15 is 0 Å². The lowest BCUT2D eigenvalue weighted by molar-refractivity contribution is 0.667. The number of rotatable bonds is 2. The first-order chi connectivity index (χ1) is 9.15. The fourth-order valence-electron chi connectivity index (χ4n) is 3.48. The quantitative estimate of drug-likeness (QED) is 0.679. The zero-order valence-electron chi connectivity index (χ0n) is 11.1. The van der Waals surface area contributed by atoms with Crippen LogP contribution in [-0.2, 0) is 5.41 Å².